The van der Waals surface area contributed by atoms with Gasteiger partial charge in [0.1, 0.15) is 11.4 Å². The molecular weight excluding hydrogens is 303 g/mol. The lowest BCUT2D eigenvalue weighted by atomic mass is 9.95. The number of benzene rings is 2. The van der Waals surface area contributed by atoms with Gasteiger partial charge in [-0.1, -0.05) is 36.4 Å². The quantitative estimate of drug-likeness (QED) is 0.917. The number of carbonyl (C=O) groups is 1. The molecule has 1 amide bonds. The van der Waals surface area contributed by atoms with E-state index in [4.69, 9.17) is 0 Å². The van der Waals surface area contributed by atoms with Crippen molar-refractivity contribution in [2.45, 2.75) is 30.8 Å². The standard InChI is InChI=1S/C20H21FN2O/c1-23-12-11-20(19(23)24)10-9-18(22-20)15-6-4-5-14(13-15)16-7-2-3-8-17(16)21/h2-8,13,18,22H,9-12H2,1H3/t18-,20-/m1/s1. The summed E-state index contributed by atoms with van der Waals surface area (Å²) in [4.78, 5) is 14.3. The highest BCUT2D eigenvalue weighted by molar-refractivity contribution is 5.88. The minimum Gasteiger partial charge on any atom is -0.344 e. The Labute approximate surface area is 141 Å². The topological polar surface area (TPSA) is 32.3 Å². The first-order valence-electron chi connectivity index (χ1n) is 8.47. The van der Waals surface area contributed by atoms with Gasteiger partial charge >= 0.3 is 0 Å². The Bertz CT molecular complexity index is 791. The third-order valence-electron chi connectivity index (χ3n) is 5.41. The van der Waals surface area contributed by atoms with Crippen molar-refractivity contribution in [3.8, 4) is 11.1 Å². The maximum absolute atomic E-state index is 14.1. The van der Waals surface area contributed by atoms with Crippen LogP contribution in [0.3, 0.4) is 0 Å². The predicted octanol–water partition coefficient (Wildman–Crippen LogP) is 3.52. The van der Waals surface area contributed by atoms with E-state index in [2.05, 4.69) is 11.4 Å². The van der Waals surface area contributed by atoms with Crippen molar-refractivity contribution in [3.05, 3.63) is 59.9 Å². The van der Waals surface area contributed by atoms with E-state index in [0.29, 0.717) is 5.56 Å². The Kier molecular flexibility index (Phi) is 3.65. The molecule has 0 radical (unpaired) electrons. The average molecular weight is 324 g/mol. The van der Waals surface area contributed by atoms with E-state index in [-0.39, 0.29) is 17.8 Å². The van der Waals surface area contributed by atoms with E-state index >= 15 is 0 Å². The van der Waals surface area contributed by atoms with Gasteiger partial charge in [-0.2, -0.15) is 0 Å². The molecule has 3 nitrogen and oxygen atoms in total. The first-order chi connectivity index (χ1) is 11.6. The number of hydrogen-bond acceptors (Lipinski definition) is 2. The molecule has 2 aliphatic heterocycles. The molecule has 1 spiro atoms. The van der Waals surface area contributed by atoms with Crippen molar-refractivity contribution in [1.82, 2.24) is 10.2 Å². The van der Waals surface area contributed by atoms with Crippen LogP contribution in [-0.4, -0.2) is 29.9 Å². The smallest absolute Gasteiger partial charge is 0.242 e. The second kappa shape index (κ2) is 5.71. The SMILES string of the molecule is CN1CC[C@]2(CC[C@H](c3cccc(-c4ccccc4F)c3)N2)C1=O. The van der Waals surface area contributed by atoms with Crippen molar-refractivity contribution in [2.24, 2.45) is 0 Å². The van der Waals surface area contributed by atoms with Crippen LogP contribution in [0.5, 0.6) is 0 Å². The normalized spacial score (nSPS) is 26.5. The van der Waals surface area contributed by atoms with Gasteiger partial charge < -0.3 is 4.90 Å². The van der Waals surface area contributed by atoms with Crippen LogP contribution >= 0.6 is 0 Å². The summed E-state index contributed by atoms with van der Waals surface area (Å²) in [5.74, 6) is -0.00615. The van der Waals surface area contributed by atoms with Crippen molar-refractivity contribution in [3.63, 3.8) is 0 Å². The number of likely N-dealkylation sites (N-methyl/N-ethyl adjacent to an activating group) is 1. The molecule has 2 aromatic carbocycles. The molecule has 0 bridgehead atoms. The summed E-state index contributed by atoms with van der Waals surface area (Å²) in [6.45, 7) is 0.813. The molecule has 0 aromatic heterocycles. The maximum atomic E-state index is 14.1. The van der Waals surface area contributed by atoms with E-state index in [9.17, 15) is 9.18 Å². The number of likely N-dealkylation sites (tertiary alicyclic amines) is 1. The molecule has 2 saturated heterocycles. The first kappa shape index (κ1) is 15.3. The summed E-state index contributed by atoms with van der Waals surface area (Å²) in [5.41, 5.74) is 2.22. The highest BCUT2D eigenvalue weighted by Gasteiger charge is 2.49. The zero-order valence-corrected chi connectivity index (χ0v) is 13.8. The Hall–Kier alpha value is -2.20. The van der Waals surface area contributed by atoms with Crippen molar-refractivity contribution < 1.29 is 9.18 Å². The molecule has 2 fully saturated rings. The van der Waals surface area contributed by atoms with Crippen LogP contribution in [0, 0.1) is 5.82 Å². The molecule has 2 aromatic rings. The van der Waals surface area contributed by atoms with Crippen molar-refractivity contribution in [1.29, 1.82) is 0 Å². The van der Waals surface area contributed by atoms with Crippen molar-refractivity contribution in [2.75, 3.05) is 13.6 Å². The van der Waals surface area contributed by atoms with Crippen LogP contribution in [0.4, 0.5) is 4.39 Å². The molecular formula is C20H21FN2O. The van der Waals surface area contributed by atoms with Crippen LogP contribution in [-0.2, 0) is 4.79 Å². The lowest BCUT2D eigenvalue weighted by Crippen LogP contribution is -2.47. The molecule has 24 heavy (non-hydrogen) atoms. The van der Waals surface area contributed by atoms with Gasteiger partial charge in [0.25, 0.3) is 0 Å². The fourth-order valence-electron chi connectivity index (χ4n) is 4.04. The van der Waals surface area contributed by atoms with Crippen LogP contribution in [0.25, 0.3) is 11.1 Å². The van der Waals surface area contributed by atoms with Gasteiger partial charge in [0.05, 0.1) is 0 Å². The maximum Gasteiger partial charge on any atom is 0.242 e. The summed E-state index contributed by atoms with van der Waals surface area (Å²) in [5, 5.41) is 3.57. The van der Waals surface area contributed by atoms with Crippen LogP contribution in [0.15, 0.2) is 48.5 Å². The summed E-state index contributed by atoms with van der Waals surface area (Å²) in [6.07, 6.45) is 2.66. The fraction of sp³-hybridized carbons (Fsp3) is 0.350. The number of carbonyl (C=O) groups excluding carboxylic acids is 1. The largest absolute Gasteiger partial charge is 0.344 e. The highest BCUT2D eigenvalue weighted by Crippen LogP contribution is 2.39. The summed E-state index contributed by atoms with van der Waals surface area (Å²) in [7, 11) is 1.87. The fourth-order valence-corrected chi connectivity index (χ4v) is 4.04. The molecule has 1 N–H and O–H groups in total. The number of rotatable bonds is 2. The number of halogens is 1. The molecule has 0 saturated carbocycles. The monoisotopic (exact) mass is 324 g/mol. The Balaban J connectivity index is 1.62. The van der Waals surface area contributed by atoms with Gasteiger partial charge in [0, 0.05) is 25.2 Å². The number of nitrogens with zero attached hydrogens (tertiary/aromatic N) is 1. The molecule has 4 rings (SSSR count). The lowest BCUT2D eigenvalue weighted by Gasteiger charge is -2.23. The van der Waals surface area contributed by atoms with Gasteiger partial charge in [-0.3, -0.25) is 10.1 Å². The average Bonchev–Trinajstić information content (AvgIpc) is 3.16. The molecule has 0 unspecified atom stereocenters. The highest BCUT2D eigenvalue weighted by atomic mass is 19.1. The van der Waals surface area contributed by atoms with E-state index in [1.54, 1.807) is 12.1 Å². The molecule has 2 atom stereocenters. The molecule has 2 heterocycles. The third kappa shape index (κ3) is 2.42. The molecule has 124 valence electrons. The Morgan fingerprint density at radius 1 is 1.17 bits per heavy atom. The van der Waals surface area contributed by atoms with Gasteiger partial charge in [0.2, 0.25) is 5.91 Å². The minimum absolute atomic E-state index is 0.146. The Morgan fingerprint density at radius 3 is 2.75 bits per heavy atom. The molecule has 4 heteroatoms. The van der Waals surface area contributed by atoms with Gasteiger partial charge in [-0.05, 0) is 42.5 Å². The van der Waals surface area contributed by atoms with Crippen LogP contribution < -0.4 is 5.32 Å². The Morgan fingerprint density at radius 2 is 2.00 bits per heavy atom. The van der Waals surface area contributed by atoms with Crippen LogP contribution in [0.2, 0.25) is 0 Å². The van der Waals surface area contributed by atoms with Gasteiger partial charge in [-0.25, -0.2) is 4.39 Å². The third-order valence-corrected chi connectivity index (χ3v) is 5.41. The van der Waals surface area contributed by atoms with E-state index in [0.717, 1.165) is 36.9 Å². The predicted molar refractivity (Wildman–Crippen MR) is 91.9 cm³/mol. The zero-order chi connectivity index (χ0) is 16.7. The zero-order valence-electron chi connectivity index (χ0n) is 13.8. The second-order valence-electron chi connectivity index (χ2n) is 6.90. The number of nitrogens with one attached hydrogen (secondary N) is 1. The lowest BCUT2D eigenvalue weighted by molar-refractivity contribution is -0.131. The van der Waals surface area contributed by atoms with E-state index in [1.807, 2.05) is 36.2 Å². The summed E-state index contributed by atoms with van der Waals surface area (Å²) < 4.78 is 14.1. The van der Waals surface area contributed by atoms with Gasteiger partial charge in [0.15, 0.2) is 0 Å². The second-order valence-corrected chi connectivity index (χ2v) is 6.90. The van der Waals surface area contributed by atoms with Crippen molar-refractivity contribution >= 4 is 5.91 Å². The molecule has 2 aliphatic rings. The summed E-state index contributed by atoms with van der Waals surface area (Å²) >= 11 is 0. The first-order valence-corrected chi connectivity index (χ1v) is 8.47. The summed E-state index contributed by atoms with van der Waals surface area (Å²) in [6, 6.07) is 15.0. The van der Waals surface area contributed by atoms with Gasteiger partial charge in [-0.15, -0.1) is 0 Å². The number of amides is 1. The minimum atomic E-state index is -0.395. The number of hydrogen-bond donors (Lipinski definition) is 1. The van der Waals surface area contributed by atoms with E-state index < -0.39 is 5.54 Å². The van der Waals surface area contributed by atoms with E-state index in [1.165, 1.54) is 6.07 Å². The van der Waals surface area contributed by atoms with Crippen LogP contribution in [0.1, 0.15) is 30.9 Å². The molecule has 0 aliphatic carbocycles.